The molecule has 0 atom stereocenters. The maximum atomic E-state index is 13.0. The lowest BCUT2D eigenvalue weighted by atomic mass is 10.2. The highest BCUT2D eigenvalue weighted by Crippen LogP contribution is 2.46. The lowest BCUT2D eigenvalue weighted by Gasteiger charge is -2.14. The van der Waals surface area contributed by atoms with Crippen molar-refractivity contribution in [2.45, 2.75) is 4.58 Å². The standard InChI is InChI=1S/C18H16ClFO4S2/c1-22-16-8-11(18-25-6-7-26-18)2-4-15(16)24-17(21)10-23-14-5-3-12(20)9-13(14)19/h2-5,8-9,18H,6-7,10H2,1H3. The van der Waals surface area contributed by atoms with Crippen LogP contribution < -0.4 is 14.2 Å². The number of methoxy groups -OCH3 is 1. The summed E-state index contributed by atoms with van der Waals surface area (Å²) in [6, 6.07) is 9.21. The van der Waals surface area contributed by atoms with Crippen LogP contribution >= 0.6 is 35.1 Å². The lowest BCUT2D eigenvalue weighted by Crippen LogP contribution is -2.18. The fourth-order valence-corrected chi connectivity index (χ4v) is 5.41. The third kappa shape index (κ3) is 4.78. The van der Waals surface area contributed by atoms with Crippen molar-refractivity contribution in [1.29, 1.82) is 0 Å². The molecule has 2 aromatic carbocycles. The molecule has 0 spiro atoms. The second-order valence-electron chi connectivity index (χ2n) is 5.32. The molecule has 0 saturated carbocycles. The molecule has 1 saturated heterocycles. The fraction of sp³-hybridized carbons (Fsp3) is 0.278. The molecular weight excluding hydrogens is 399 g/mol. The van der Waals surface area contributed by atoms with Crippen LogP contribution in [0.2, 0.25) is 5.02 Å². The quantitative estimate of drug-likeness (QED) is 0.492. The molecule has 8 heteroatoms. The van der Waals surface area contributed by atoms with E-state index in [-0.39, 0.29) is 17.4 Å². The molecule has 138 valence electrons. The summed E-state index contributed by atoms with van der Waals surface area (Å²) >= 11 is 9.63. The molecule has 0 aliphatic carbocycles. The molecule has 0 radical (unpaired) electrons. The molecule has 0 N–H and O–H groups in total. The maximum absolute atomic E-state index is 13.0. The number of thioether (sulfide) groups is 2. The Morgan fingerprint density at radius 1 is 1.15 bits per heavy atom. The first-order chi connectivity index (χ1) is 12.6. The molecule has 4 nitrogen and oxygen atoms in total. The predicted molar refractivity (Wildman–Crippen MR) is 103 cm³/mol. The average Bonchev–Trinajstić information content (AvgIpc) is 3.16. The molecule has 1 heterocycles. The van der Waals surface area contributed by atoms with Crippen molar-refractivity contribution in [3.05, 3.63) is 52.8 Å². The van der Waals surface area contributed by atoms with E-state index in [0.717, 1.165) is 23.1 Å². The minimum atomic E-state index is -0.610. The van der Waals surface area contributed by atoms with E-state index in [2.05, 4.69) is 0 Å². The second kappa shape index (κ2) is 8.88. The van der Waals surface area contributed by atoms with Crippen LogP contribution in [-0.4, -0.2) is 31.2 Å². The van der Waals surface area contributed by atoms with Gasteiger partial charge in [-0.05, 0) is 35.9 Å². The number of rotatable bonds is 6. The minimum Gasteiger partial charge on any atom is -0.493 e. The van der Waals surface area contributed by atoms with E-state index in [1.165, 1.54) is 19.2 Å². The molecular formula is C18H16ClFO4S2. The van der Waals surface area contributed by atoms with Gasteiger partial charge in [-0.1, -0.05) is 17.7 Å². The zero-order valence-corrected chi connectivity index (χ0v) is 16.3. The van der Waals surface area contributed by atoms with Gasteiger partial charge >= 0.3 is 5.97 Å². The van der Waals surface area contributed by atoms with Crippen molar-refractivity contribution in [3.8, 4) is 17.2 Å². The maximum Gasteiger partial charge on any atom is 0.349 e. The van der Waals surface area contributed by atoms with Crippen molar-refractivity contribution in [2.24, 2.45) is 0 Å². The van der Waals surface area contributed by atoms with Crippen LogP contribution in [0.25, 0.3) is 0 Å². The number of halogens is 2. The van der Waals surface area contributed by atoms with Gasteiger partial charge in [-0.3, -0.25) is 0 Å². The molecule has 1 fully saturated rings. The number of hydrogen-bond donors (Lipinski definition) is 0. The summed E-state index contributed by atoms with van der Waals surface area (Å²) in [7, 11) is 1.53. The smallest absolute Gasteiger partial charge is 0.349 e. The third-order valence-corrected chi connectivity index (χ3v) is 6.94. The number of ether oxygens (including phenoxy) is 3. The topological polar surface area (TPSA) is 44.8 Å². The molecule has 26 heavy (non-hydrogen) atoms. The van der Waals surface area contributed by atoms with Crippen LogP contribution in [0, 0.1) is 5.82 Å². The van der Waals surface area contributed by atoms with Gasteiger partial charge in [0.15, 0.2) is 18.1 Å². The highest BCUT2D eigenvalue weighted by atomic mass is 35.5. The van der Waals surface area contributed by atoms with Gasteiger partial charge in [-0.2, -0.15) is 0 Å². The Balaban J connectivity index is 1.62. The van der Waals surface area contributed by atoms with Crippen molar-refractivity contribution in [2.75, 3.05) is 25.2 Å². The van der Waals surface area contributed by atoms with E-state index < -0.39 is 11.8 Å². The molecule has 1 aliphatic rings. The number of benzene rings is 2. The SMILES string of the molecule is COc1cc(C2SCCS2)ccc1OC(=O)COc1ccc(F)cc1Cl. The second-order valence-corrected chi connectivity index (χ2v) is 8.45. The first kappa shape index (κ1) is 19.2. The van der Waals surface area contributed by atoms with Gasteiger partial charge in [0, 0.05) is 11.5 Å². The Bertz CT molecular complexity index is 797. The van der Waals surface area contributed by atoms with Crippen LogP contribution in [0.1, 0.15) is 10.1 Å². The van der Waals surface area contributed by atoms with E-state index >= 15 is 0 Å². The van der Waals surface area contributed by atoms with Gasteiger partial charge in [0.1, 0.15) is 11.6 Å². The Labute approximate surface area is 164 Å². The van der Waals surface area contributed by atoms with Gasteiger partial charge in [0.05, 0.1) is 16.7 Å². The number of esters is 1. The van der Waals surface area contributed by atoms with E-state index in [0.29, 0.717) is 16.1 Å². The summed E-state index contributed by atoms with van der Waals surface area (Å²) in [6.45, 7) is -0.357. The summed E-state index contributed by atoms with van der Waals surface area (Å²) in [5.41, 5.74) is 1.13. The molecule has 0 aromatic heterocycles. The highest BCUT2D eigenvalue weighted by Gasteiger charge is 2.20. The first-order valence-electron chi connectivity index (χ1n) is 7.76. The Hall–Kier alpha value is -1.57. The molecule has 2 aromatic rings. The van der Waals surface area contributed by atoms with Crippen molar-refractivity contribution >= 4 is 41.1 Å². The number of hydrogen-bond acceptors (Lipinski definition) is 6. The molecule has 3 rings (SSSR count). The minimum absolute atomic E-state index is 0.0892. The van der Waals surface area contributed by atoms with Crippen molar-refractivity contribution in [3.63, 3.8) is 0 Å². The first-order valence-corrected chi connectivity index (χ1v) is 10.2. The van der Waals surface area contributed by atoms with Crippen LogP contribution in [0.5, 0.6) is 17.2 Å². The van der Waals surface area contributed by atoms with E-state index in [9.17, 15) is 9.18 Å². The molecule has 0 bridgehead atoms. The Kier molecular flexibility index (Phi) is 6.56. The van der Waals surface area contributed by atoms with Gasteiger partial charge < -0.3 is 14.2 Å². The van der Waals surface area contributed by atoms with E-state index in [1.54, 1.807) is 6.07 Å². The Morgan fingerprint density at radius 2 is 1.88 bits per heavy atom. The summed E-state index contributed by atoms with van der Waals surface area (Å²) in [5, 5.41) is 0.0892. The Morgan fingerprint density at radius 3 is 2.58 bits per heavy atom. The summed E-state index contributed by atoms with van der Waals surface area (Å²) in [4.78, 5) is 12.0. The number of carbonyl (C=O) groups is 1. The van der Waals surface area contributed by atoms with Crippen LogP contribution in [-0.2, 0) is 4.79 Å². The molecule has 1 aliphatic heterocycles. The summed E-state index contributed by atoms with van der Waals surface area (Å²) in [5.74, 6) is 2.18. The average molecular weight is 415 g/mol. The highest BCUT2D eigenvalue weighted by molar-refractivity contribution is 8.19. The van der Waals surface area contributed by atoms with E-state index in [4.69, 9.17) is 25.8 Å². The van der Waals surface area contributed by atoms with Crippen LogP contribution in [0.4, 0.5) is 4.39 Å². The van der Waals surface area contributed by atoms with Gasteiger partial charge in [0.2, 0.25) is 0 Å². The largest absolute Gasteiger partial charge is 0.493 e. The van der Waals surface area contributed by atoms with Crippen molar-refractivity contribution < 1.29 is 23.4 Å². The van der Waals surface area contributed by atoms with Gasteiger partial charge in [0.25, 0.3) is 0 Å². The lowest BCUT2D eigenvalue weighted by molar-refractivity contribution is -0.136. The molecule has 0 amide bonds. The third-order valence-electron chi connectivity index (χ3n) is 3.54. The van der Waals surface area contributed by atoms with E-state index in [1.807, 2.05) is 35.7 Å². The number of carbonyl (C=O) groups excluding carboxylic acids is 1. The van der Waals surface area contributed by atoms with Gasteiger partial charge in [-0.15, -0.1) is 23.5 Å². The normalized spacial score (nSPS) is 14.3. The predicted octanol–water partition coefficient (Wildman–Crippen LogP) is 4.95. The monoisotopic (exact) mass is 414 g/mol. The summed E-state index contributed by atoms with van der Waals surface area (Å²) in [6.07, 6.45) is 0. The zero-order chi connectivity index (χ0) is 18.5. The van der Waals surface area contributed by atoms with Crippen molar-refractivity contribution in [1.82, 2.24) is 0 Å². The fourth-order valence-electron chi connectivity index (χ4n) is 2.35. The van der Waals surface area contributed by atoms with Crippen LogP contribution in [0.15, 0.2) is 36.4 Å². The van der Waals surface area contributed by atoms with Gasteiger partial charge in [-0.25, -0.2) is 9.18 Å². The van der Waals surface area contributed by atoms with Crippen LogP contribution in [0.3, 0.4) is 0 Å². The summed E-state index contributed by atoms with van der Waals surface area (Å²) < 4.78 is 29.3. The zero-order valence-electron chi connectivity index (χ0n) is 13.9. The molecule has 0 unspecified atom stereocenters.